The minimum atomic E-state index is 0.188. The Bertz CT molecular complexity index is 410. The number of amides is 1. The van der Waals surface area contributed by atoms with E-state index in [0.717, 1.165) is 20.3 Å². The van der Waals surface area contributed by atoms with Gasteiger partial charge in [0.05, 0.1) is 5.69 Å². The third-order valence-corrected chi connectivity index (χ3v) is 4.30. The van der Waals surface area contributed by atoms with Crippen molar-refractivity contribution in [2.75, 3.05) is 11.4 Å². The molecule has 1 aromatic carbocycles. The van der Waals surface area contributed by atoms with Crippen molar-refractivity contribution in [1.82, 2.24) is 0 Å². The molecule has 0 aliphatic carbocycles. The van der Waals surface area contributed by atoms with Crippen LogP contribution in [0.5, 0.6) is 0 Å². The van der Waals surface area contributed by atoms with Gasteiger partial charge in [0.25, 0.3) is 0 Å². The quantitative estimate of drug-likeness (QED) is 0.479. The van der Waals surface area contributed by atoms with Crippen LogP contribution in [0.1, 0.15) is 6.42 Å². The van der Waals surface area contributed by atoms with E-state index >= 15 is 0 Å². The Morgan fingerprint density at radius 1 is 1.47 bits per heavy atom. The van der Waals surface area contributed by atoms with Crippen LogP contribution in [0.2, 0.25) is 0 Å². The van der Waals surface area contributed by atoms with Crippen LogP contribution in [-0.4, -0.2) is 17.3 Å². The molecule has 1 heterocycles. The van der Waals surface area contributed by atoms with Gasteiger partial charge in [0, 0.05) is 25.8 Å². The van der Waals surface area contributed by atoms with Crippen molar-refractivity contribution in [2.45, 2.75) is 11.2 Å². The number of benzene rings is 1. The van der Waals surface area contributed by atoms with Crippen molar-refractivity contribution in [1.29, 1.82) is 0 Å². The van der Waals surface area contributed by atoms with E-state index in [4.69, 9.17) is 0 Å². The zero-order valence-corrected chi connectivity index (χ0v) is 13.0. The summed E-state index contributed by atoms with van der Waals surface area (Å²) in [5, 5.41) is 0. The highest BCUT2D eigenvalue weighted by Crippen LogP contribution is 2.31. The fraction of sp³-hybridized carbons (Fsp3) is 0.300. The van der Waals surface area contributed by atoms with Gasteiger partial charge in [-0.25, -0.2) is 0 Å². The van der Waals surface area contributed by atoms with E-state index in [1.807, 2.05) is 23.1 Å². The summed E-state index contributed by atoms with van der Waals surface area (Å²) < 4.78 is 2.11. The topological polar surface area (TPSA) is 20.3 Å². The number of halogens is 3. The number of nitrogens with zero attached hydrogens (tertiary/aromatic N) is 1. The predicted molar refractivity (Wildman–Crippen MR) is 76.5 cm³/mol. The van der Waals surface area contributed by atoms with Crippen LogP contribution < -0.4 is 4.90 Å². The highest BCUT2D eigenvalue weighted by molar-refractivity contribution is 14.1. The zero-order valence-electron chi connectivity index (χ0n) is 7.71. The molecule has 1 aromatic rings. The normalized spacial score (nSPS) is 21.1. The van der Waals surface area contributed by atoms with E-state index in [1.165, 1.54) is 0 Å². The Morgan fingerprint density at radius 2 is 2.20 bits per heavy atom. The lowest BCUT2D eigenvalue weighted by Gasteiger charge is -2.17. The van der Waals surface area contributed by atoms with E-state index in [1.54, 1.807) is 0 Å². The zero-order chi connectivity index (χ0) is 11.0. The molecule has 1 aliphatic rings. The minimum Gasteiger partial charge on any atom is -0.310 e. The summed E-state index contributed by atoms with van der Waals surface area (Å²) in [6.45, 7) is 0.755. The van der Waals surface area contributed by atoms with Crippen molar-refractivity contribution < 1.29 is 4.79 Å². The number of rotatable bonds is 1. The number of hydrogen-bond donors (Lipinski definition) is 0. The summed E-state index contributed by atoms with van der Waals surface area (Å²) in [5.74, 6) is 0.188. The summed E-state index contributed by atoms with van der Waals surface area (Å²) in [6, 6.07) is 5.98. The molecular weight excluding hydrogens is 437 g/mol. The summed E-state index contributed by atoms with van der Waals surface area (Å²) in [5.41, 5.74) is 0.997. The molecule has 1 unspecified atom stereocenters. The highest BCUT2D eigenvalue weighted by Gasteiger charge is 2.29. The van der Waals surface area contributed by atoms with Gasteiger partial charge in [0.2, 0.25) is 5.91 Å². The van der Waals surface area contributed by atoms with Crippen molar-refractivity contribution >= 4 is 66.0 Å². The Labute approximate surface area is 119 Å². The molecule has 0 radical (unpaired) electrons. The summed E-state index contributed by atoms with van der Waals surface area (Å²) >= 11 is 9.16. The van der Waals surface area contributed by atoms with Gasteiger partial charge >= 0.3 is 0 Å². The summed E-state index contributed by atoms with van der Waals surface area (Å²) in [6.07, 6.45) is 0.586. The van der Waals surface area contributed by atoms with Gasteiger partial charge in [0.1, 0.15) is 0 Å². The Kier molecular flexibility index (Phi) is 3.72. The minimum absolute atomic E-state index is 0.188. The van der Waals surface area contributed by atoms with Crippen molar-refractivity contribution in [3.05, 3.63) is 26.2 Å². The first-order valence-electron chi connectivity index (χ1n) is 4.47. The molecule has 2 nitrogen and oxygen atoms in total. The molecule has 0 aromatic heterocycles. The smallest absolute Gasteiger partial charge is 0.228 e. The first kappa shape index (κ1) is 11.9. The first-order chi connectivity index (χ1) is 7.08. The van der Waals surface area contributed by atoms with Gasteiger partial charge in [-0.2, -0.15) is 0 Å². The molecule has 1 amide bonds. The van der Waals surface area contributed by atoms with Crippen LogP contribution in [0.15, 0.2) is 22.7 Å². The van der Waals surface area contributed by atoms with Crippen LogP contribution in [0.3, 0.4) is 0 Å². The van der Waals surface area contributed by atoms with Gasteiger partial charge < -0.3 is 4.90 Å². The second-order valence-electron chi connectivity index (χ2n) is 3.40. The molecule has 0 bridgehead atoms. The van der Waals surface area contributed by atoms with Crippen molar-refractivity contribution in [3.8, 4) is 0 Å². The van der Waals surface area contributed by atoms with E-state index < -0.39 is 0 Å². The fourth-order valence-electron chi connectivity index (χ4n) is 1.59. The van der Waals surface area contributed by atoms with E-state index in [9.17, 15) is 4.79 Å². The molecule has 2 rings (SSSR count). The van der Waals surface area contributed by atoms with E-state index in [0.29, 0.717) is 6.42 Å². The maximum absolute atomic E-state index is 11.7. The van der Waals surface area contributed by atoms with Crippen LogP contribution >= 0.6 is 54.5 Å². The Morgan fingerprint density at radius 3 is 2.80 bits per heavy atom. The monoisotopic (exact) mass is 443 g/mol. The second-order valence-corrected chi connectivity index (χ2v) is 6.77. The lowest BCUT2D eigenvalue weighted by Crippen LogP contribution is -2.25. The lowest BCUT2D eigenvalue weighted by atomic mass is 10.3. The number of anilines is 1. The van der Waals surface area contributed by atoms with Crippen molar-refractivity contribution in [3.63, 3.8) is 0 Å². The van der Waals surface area contributed by atoms with Crippen molar-refractivity contribution in [2.24, 2.45) is 0 Å². The summed E-state index contributed by atoms with van der Waals surface area (Å²) in [7, 11) is 0. The molecule has 0 spiro atoms. The number of carbonyl (C=O) groups is 1. The Hall–Kier alpha value is 0.380. The fourth-order valence-corrected chi connectivity index (χ4v) is 3.13. The highest BCUT2D eigenvalue weighted by atomic mass is 127. The van der Waals surface area contributed by atoms with Gasteiger partial charge in [-0.05, 0) is 40.8 Å². The van der Waals surface area contributed by atoms with E-state index in [2.05, 4.69) is 54.5 Å². The first-order valence-corrected chi connectivity index (χ1v) is 7.26. The molecule has 1 aliphatic heterocycles. The summed E-state index contributed by atoms with van der Waals surface area (Å²) in [4.78, 5) is 13.8. The maximum atomic E-state index is 11.7. The molecule has 15 heavy (non-hydrogen) atoms. The average molecular weight is 445 g/mol. The number of hydrogen-bond acceptors (Lipinski definition) is 1. The van der Waals surface area contributed by atoms with Crippen LogP contribution in [0.4, 0.5) is 5.69 Å². The molecule has 0 N–H and O–H groups in total. The van der Waals surface area contributed by atoms with Gasteiger partial charge in [-0.15, -0.1) is 0 Å². The molecule has 80 valence electrons. The van der Waals surface area contributed by atoms with E-state index in [-0.39, 0.29) is 10.7 Å². The third kappa shape index (κ3) is 2.55. The SMILES string of the molecule is O=C1CC(Br)CN1c1cc(Br)ccc1I. The second kappa shape index (κ2) is 4.71. The van der Waals surface area contributed by atoms with Crippen LogP contribution in [0, 0.1) is 3.57 Å². The number of carbonyl (C=O) groups excluding carboxylic acids is 1. The molecule has 5 heteroatoms. The molecule has 1 saturated heterocycles. The van der Waals surface area contributed by atoms with Crippen LogP contribution in [0.25, 0.3) is 0 Å². The Balaban J connectivity index is 2.37. The van der Waals surface area contributed by atoms with Gasteiger partial charge in [-0.3, -0.25) is 4.79 Å². The third-order valence-electron chi connectivity index (χ3n) is 2.28. The average Bonchev–Trinajstić information content (AvgIpc) is 2.50. The standard InChI is InChI=1S/C10H8Br2INO/c11-6-1-2-8(13)9(3-6)14-5-7(12)4-10(14)15/h1-3,7H,4-5H2. The van der Waals surface area contributed by atoms with Crippen LogP contribution in [-0.2, 0) is 4.79 Å². The molecule has 1 fully saturated rings. The lowest BCUT2D eigenvalue weighted by molar-refractivity contribution is -0.117. The maximum Gasteiger partial charge on any atom is 0.228 e. The molecular formula is C10H8Br2INO. The van der Waals surface area contributed by atoms with Gasteiger partial charge in [0.15, 0.2) is 0 Å². The molecule has 0 saturated carbocycles. The number of alkyl halides is 1. The largest absolute Gasteiger partial charge is 0.310 e. The molecule has 1 atom stereocenters. The predicted octanol–water partition coefficient (Wildman–Crippen LogP) is 3.55. The van der Waals surface area contributed by atoms with Gasteiger partial charge in [-0.1, -0.05) is 31.9 Å².